The quantitative estimate of drug-likeness (QED) is 0.623. The first-order chi connectivity index (χ1) is 13.1. The second-order valence-corrected chi connectivity index (χ2v) is 7.44. The molecule has 1 fully saturated rings. The topological polar surface area (TPSA) is 92.9 Å². The number of carbonyl (C=O) groups excluding carboxylic acids is 2. The first-order valence-electron chi connectivity index (χ1n) is 8.51. The van der Waals surface area contributed by atoms with Gasteiger partial charge in [-0.1, -0.05) is 60.7 Å². The van der Waals surface area contributed by atoms with E-state index in [1.807, 2.05) is 60.7 Å². The zero-order valence-corrected chi connectivity index (χ0v) is 15.1. The summed E-state index contributed by atoms with van der Waals surface area (Å²) in [4.78, 5) is 26.3. The average Bonchev–Trinajstić information content (AvgIpc) is 2.72. The first kappa shape index (κ1) is 17.6. The number of nitrogens with two attached hydrogens (primary N) is 1. The van der Waals surface area contributed by atoms with Gasteiger partial charge < -0.3 is 15.6 Å². The van der Waals surface area contributed by atoms with Crippen molar-refractivity contribution in [3.05, 3.63) is 83.2 Å². The molecule has 2 aliphatic rings. The van der Waals surface area contributed by atoms with Crippen LogP contribution in [0, 0.1) is 0 Å². The van der Waals surface area contributed by atoms with Gasteiger partial charge in [-0.05, 0) is 11.1 Å². The lowest BCUT2D eigenvalue weighted by atomic mass is 10.0. The van der Waals surface area contributed by atoms with Crippen LogP contribution in [-0.4, -0.2) is 39.1 Å². The summed E-state index contributed by atoms with van der Waals surface area (Å²) in [5.74, 6) is -1.08. The molecule has 7 heteroatoms. The lowest BCUT2D eigenvalue weighted by molar-refractivity contribution is -0.153. The molecule has 0 spiro atoms. The molecule has 0 aromatic heterocycles. The molecule has 3 N–H and O–H groups in total. The van der Waals surface area contributed by atoms with Crippen molar-refractivity contribution in [1.29, 1.82) is 0 Å². The SMILES string of the molecule is N[C@@H]1C(=O)N2C(C(=O)OC(c3ccccc3)c3ccccc3)=C(O)CS[C@@H]12. The van der Waals surface area contributed by atoms with Crippen LogP contribution in [0.5, 0.6) is 0 Å². The summed E-state index contributed by atoms with van der Waals surface area (Å²) in [7, 11) is 0. The highest BCUT2D eigenvalue weighted by molar-refractivity contribution is 8.00. The standard InChI is InChI=1S/C20H18N2O4S/c21-15-18(24)22-16(14(23)11-27-19(15)22)20(25)26-17(12-7-3-1-4-8-12)13-9-5-2-6-10-13/h1-10,15,17,19,23H,11,21H2/t15-,19+/m1/s1. The van der Waals surface area contributed by atoms with Gasteiger partial charge in [-0.3, -0.25) is 9.69 Å². The summed E-state index contributed by atoms with van der Waals surface area (Å²) < 4.78 is 5.77. The fourth-order valence-corrected chi connectivity index (χ4v) is 4.38. The van der Waals surface area contributed by atoms with E-state index in [0.29, 0.717) is 0 Å². The van der Waals surface area contributed by atoms with Crippen LogP contribution >= 0.6 is 11.8 Å². The number of rotatable bonds is 4. The maximum absolute atomic E-state index is 12.9. The van der Waals surface area contributed by atoms with Crippen molar-refractivity contribution in [3.8, 4) is 0 Å². The van der Waals surface area contributed by atoms with Gasteiger partial charge in [0.2, 0.25) is 5.91 Å². The second kappa shape index (κ2) is 7.09. The molecule has 0 unspecified atom stereocenters. The number of esters is 1. The maximum Gasteiger partial charge on any atom is 0.359 e. The number of benzene rings is 2. The number of β-lactam (4-membered cyclic amide) rings is 1. The van der Waals surface area contributed by atoms with Gasteiger partial charge >= 0.3 is 5.97 Å². The van der Waals surface area contributed by atoms with E-state index in [-0.39, 0.29) is 28.5 Å². The Morgan fingerprint density at radius 2 is 1.67 bits per heavy atom. The summed E-state index contributed by atoms with van der Waals surface area (Å²) in [6.45, 7) is 0. The molecule has 4 rings (SSSR count). The largest absolute Gasteiger partial charge is 0.509 e. The molecule has 0 bridgehead atoms. The van der Waals surface area contributed by atoms with Crippen molar-refractivity contribution in [2.45, 2.75) is 17.5 Å². The van der Waals surface area contributed by atoms with E-state index in [9.17, 15) is 14.7 Å². The Kier molecular flexibility index (Phi) is 4.63. The smallest absolute Gasteiger partial charge is 0.359 e. The van der Waals surface area contributed by atoms with Crippen molar-refractivity contribution < 1.29 is 19.4 Å². The van der Waals surface area contributed by atoms with Crippen molar-refractivity contribution >= 4 is 23.6 Å². The van der Waals surface area contributed by atoms with E-state index in [0.717, 1.165) is 11.1 Å². The lowest BCUT2D eigenvalue weighted by Gasteiger charge is -2.47. The van der Waals surface area contributed by atoms with Crippen LogP contribution < -0.4 is 5.73 Å². The molecule has 1 amide bonds. The van der Waals surface area contributed by atoms with E-state index in [1.165, 1.54) is 16.7 Å². The van der Waals surface area contributed by atoms with Crippen LogP contribution in [0.1, 0.15) is 17.2 Å². The molecule has 2 aromatic carbocycles. The van der Waals surface area contributed by atoms with E-state index >= 15 is 0 Å². The van der Waals surface area contributed by atoms with Crippen LogP contribution in [0.4, 0.5) is 0 Å². The average molecular weight is 382 g/mol. The summed E-state index contributed by atoms with van der Waals surface area (Å²) in [5, 5.41) is 9.90. The maximum atomic E-state index is 12.9. The van der Waals surface area contributed by atoms with E-state index in [2.05, 4.69) is 0 Å². The normalized spacial score (nSPS) is 21.7. The molecule has 1 saturated heterocycles. The highest BCUT2D eigenvalue weighted by Gasteiger charge is 2.52. The molecule has 0 radical (unpaired) electrons. The Morgan fingerprint density at radius 1 is 1.11 bits per heavy atom. The third kappa shape index (κ3) is 3.09. The van der Waals surface area contributed by atoms with Crippen LogP contribution in [0.15, 0.2) is 72.1 Å². The Hall–Kier alpha value is -2.77. The molecule has 2 aliphatic heterocycles. The number of hydrogen-bond donors (Lipinski definition) is 2. The molecule has 138 valence electrons. The fourth-order valence-electron chi connectivity index (χ4n) is 3.24. The predicted molar refractivity (Wildman–Crippen MR) is 102 cm³/mol. The minimum Gasteiger partial charge on any atom is -0.509 e. The number of nitrogens with zero attached hydrogens (tertiary/aromatic N) is 1. The molecule has 6 nitrogen and oxygen atoms in total. The number of hydrogen-bond acceptors (Lipinski definition) is 6. The lowest BCUT2D eigenvalue weighted by Crippen LogP contribution is -2.68. The van der Waals surface area contributed by atoms with Gasteiger partial charge in [0.1, 0.15) is 17.2 Å². The van der Waals surface area contributed by atoms with Gasteiger partial charge in [0.05, 0.1) is 5.75 Å². The molecule has 27 heavy (non-hydrogen) atoms. The third-order valence-corrected chi connectivity index (χ3v) is 5.90. The molecule has 0 saturated carbocycles. The van der Waals surface area contributed by atoms with Crippen molar-refractivity contribution in [2.75, 3.05) is 5.75 Å². The van der Waals surface area contributed by atoms with Crippen LogP contribution in [0.25, 0.3) is 0 Å². The minimum absolute atomic E-state index is 0.109. The van der Waals surface area contributed by atoms with Gasteiger partial charge in [-0.2, -0.15) is 0 Å². The number of thioether (sulfide) groups is 1. The van der Waals surface area contributed by atoms with E-state index in [4.69, 9.17) is 10.5 Å². The van der Waals surface area contributed by atoms with Crippen molar-refractivity contribution in [2.24, 2.45) is 5.73 Å². The Labute approximate surface area is 160 Å². The summed E-state index contributed by atoms with van der Waals surface area (Å²) in [5.41, 5.74) is 7.28. The van der Waals surface area contributed by atoms with Crippen LogP contribution in [0.2, 0.25) is 0 Å². The van der Waals surface area contributed by atoms with Gasteiger partial charge in [0.15, 0.2) is 11.8 Å². The Balaban J connectivity index is 1.65. The van der Waals surface area contributed by atoms with Crippen LogP contribution in [-0.2, 0) is 14.3 Å². The Bertz CT molecular complexity index is 861. The van der Waals surface area contributed by atoms with Gasteiger partial charge in [0, 0.05) is 0 Å². The zero-order valence-electron chi connectivity index (χ0n) is 14.3. The van der Waals surface area contributed by atoms with Crippen molar-refractivity contribution in [3.63, 3.8) is 0 Å². The molecular weight excluding hydrogens is 364 g/mol. The van der Waals surface area contributed by atoms with Crippen LogP contribution in [0.3, 0.4) is 0 Å². The molecule has 2 atom stereocenters. The monoisotopic (exact) mass is 382 g/mol. The predicted octanol–water partition coefficient (Wildman–Crippen LogP) is 2.33. The number of fused-ring (bicyclic) bond motifs is 1. The molecule has 0 aliphatic carbocycles. The van der Waals surface area contributed by atoms with E-state index in [1.54, 1.807) is 0 Å². The number of ether oxygens (including phenoxy) is 1. The number of carbonyl (C=O) groups is 2. The number of amides is 1. The van der Waals surface area contributed by atoms with Gasteiger partial charge in [-0.25, -0.2) is 4.79 Å². The third-order valence-electron chi connectivity index (χ3n) is 4.61. The zero-order chi connectivity index (χ0) is 19.0. The first-order valence-corrected chi connectivity index (χ1v) is 9.56. The fraction of sp³-hybridized carbons (Fsp3) is 0.200. The second-order valence-electron chi connectivity index (χ2n) is 6.34. The highest BCUT2D eigenvalue weighted by Crippen LogP contribution is 2.40. The number of aliphatic hydroxyl groups excluding tert-OH is 1. The molecule has 2 aromatic rings. The van der Waals surface area contributed by atoms with E-state index < -0.39 is 18.1 Å². The minimum atomic E-state index is -0.740. The Morgan fingerprint density at radius 3 is 2.22 bits per heavy atom. The summed E-state index contributed by atoms with van der Waals surface area (Å²) in [6, 6.07) is 18.0. The summed E-state index contributed by atoms with van der Waals surface area (Å²) in [6.07, 6.45) is -0.654. The van der Waals surface area contributed by atoms with Gasteiger partial charge in [-0.15, -0.1) is 11.8 Å². The summed E-state index contributed by atoms with van der Waals surface area (Å²) >= 11 is 1.33. The van der Waals surface area contributed by atoms with Gasteiger partial charge in [0.25, 0.3) is 0 Å². The molecule has 2 heterocycles. The highest BCUT2D eigenvalue weighted by atomic mass is 32.2. The van der Waals surface area contributed by atoms with Crippen molar-refractivity contribution in [1.82, 2.24) is 4.90 Å². The molecular formula is C20H18N2O4S. The number of aliphatic hydroxyl groups is 1.